The summed E-state index contributed by atoms with van der Waals surface area (Å²) in [4.78, 5) is 15.4. The van der Waals surface area contributed by atoms with Crippen LogP contribution in [0.2, 0.25) is 8.67 Å². The quantitative estimate of drug-likeness (QED) is 0.894. The van der Waals surface area contributed by atoms with E-state index in [2.05, 4.69) is 4.98 Å². The van der Waals surface area contributed by atoms with Gasteiger partial charge in [0, 0.05) is 0 Å². The maximum atomic E-state index is 11.1. The van der Waals surface area contributed by atoms with Crippen LogP contribution in [-0.4, -0.2) is 16.1 Å². The fourth-order valence-electron chi connectivity index (χ4n) is 1.65. The topological polar surface area (TPSA) is 63.3 Å². The summed E-state index contributed by atoms with van der Waals surface area (Å²) in [5, 5.41) is 9.12. The Kier molecular flexibility index (Phi) is 4.18. The van der Waals surface area contributed by atoms with Gasteiger partial charge in [-0.15, -0.1) is 11.3 Å². The van der Waals surface area contributed by atoms with Crippen molar-refractivity contribution in [2.75, 3.05) is 0 Å². The van der Waals surface area contributed by atoms with Gasteiger partial charge in [-0.2, -0.15) is 0 Å². The third kappa shape index (κ3) is 3.11. The van der Waals surface area contributed by atoms with E-state index in [4.69, 9.17) is 32.7 Å². The van der Waals surface area contributed by atoms with Gasteiger partial charge < -0.3 is 9.52 Å². The van der Waals surface area contributed by atoms with Gasteiger partial charge in [0.1, 0.15) is 4.34 Å². The summed E-state index contributed by atoms with van der Waals surface area (Å²) in [6.07, 6.45) is 0.528. The monoisotopic (exact) mass is 319 g/mol. The second-order valence-electron chi connectivity index (χ2n) is 4.44. The molecule has 2 aromatic heterocycles. The van der Waals surface area contributed by atoms with Crippen molar-refractivity contribution in [1.82, 2.24) is 4.98 Å². The largest absolute Gasteiger partial charge is 0.475 e. The Bertz CT molecular complexity index is 619. The van der Waals surface area contributed by atoms with Gasteiger partial charge in [-0.05, 0) is 18.4 Å². The van der Waals surface area contributed by atoms with E-state index in [0.29, 0.717) is 26.4 Å². The molecular weight excluding hydrogens is 309 g/mol. The van der Waals surface area contributed by atoms with Gasteiger partial charge in [0.05, 0.1) is 15.6 Å². The van der Waals surface area contributed by atoms with E-state index < -0.39 is 5.97 Å². The van der Waals surface area contributed by atoms with Gasteiger partial charge >= 0.3 is 5.97 Å². The highest BCUT2D eigenvalue weighted by Crippen LogP contribution is 2.38. The molecule has 0 aliphatic rings. The Labute approximate surface area is 124 Å². The van der Waals surface area contributed by atoms with E-state index >= 15 is 0 Å². The molecule has 7 heteroatoms. The lowest BCUT2D eigenvalue weighted by molar-refractivity contribution is 0.0661. The summed E-state index contributed by atoms with van der Waals surface area (Å²) in [5.41, 5.74) is 0.949. The van der Waals surface area contributed by atoms with Gasteiger partial charge in [-0.1, -0.05) is 37.0 Å². The number of hydrogen-bond donors (Lipinski definition) is 1. The third-order valence-corrected chi connectivity index (χ3v) is 3.87. The molecular formula is C12H11Cl2NO3S. The molecule has 0 radical (unpaired) electrons. The molecule has 102 valence electrons. The number of rotatable bonds is 4. The lowest BCUT2D eigenvalue weighted by atomic mass is 10.1. The van der Waals surface area contributed by atoms with Crippen molar-refractivity contribution in [2.24, 2.45) is 5.92 Å². The maximum absolute atomic E-state index is 11.1. The van der Waals surface area contributed by atoms with Crippen LogP contribution >= 0.6 is 34.5 Å². The van der Waals surface area contributed by atoms with Crippen molar-refractivity contribution >= 4 is 40.5 Å². The van der Waals surface area contributed by atoms with E-state index in [0.717, 1.165) is 0 Å². The molecule has 2 aromatic rings. The Morgan fingerprint density at radius 3 is 2.68 bits per heavy atom. The summed E-state index contributed by atoms with van der Waals surface area (Å²) in [6, 6.07) is 1.62. The number of nitrogens with zero attached hydrogens (tertiary/aromatic N) is 1. The molecule has 0 aliphatic carbocycles. The first-order chi connectivity index (χ1) is 8.88. The van der Waals surface area contributed by atoms with Crippen LogP contribution in [0.15, 0.2) is 10.5 Å². The smallest absolute Gasteiger partial charge is 0.373 e. The number of carboxylic acid groups (broad SMARTS) is 1. The van der Waals surface area contributed by atoms with Crippen molar-refractivity contribution in [3.63, 3.8) is 0 Å². The zero-order chi connectivity index (χ0) is 14.2. The number of thiophene rings is 1. The predicted octanol–water partition coefficient (Wildman–Crippen LogP) is 4.61. The van der Waals surface area contributed by atoms with E-state index in [1.807, 2.05) is 13.8 Å². The van der Waals surface area contributed by atoms with Crippen LogP contribution in [0, 0.1) is 5.92 Å². The average molecular weight is 320 g/mol. The second kappa shape index (κ2) is 5.53. The molecule has 0 aliphatic heterocycles. The van der Waals surface area contributed by atoms with Gasteiger partial charge in [0.2, 0.25) is 11.7 Å². The molecule has 1 N–H and O–H groups in total. The molecule has 2 rings (SSSR count). The minimum Gasteiger partial charge on any atom is -0.475 e. The first kappa shape index (κ1) is 14.4. The minimum atomic E-state index is -1.13. The number of aromatic nitrogens is 1. The molecule has 0 spiro atoms. The number of halogens is 2. The first-order valence-electron chi connectivity index (χ1n) is 5.56. The zero-order valence-corrected chi connectivity index (χ0v) is 12.6. The predicted molar refractivity (Wildman–Crippen MR) is 75.3 cm³/mol. The molecule has 0 fully saturated rings. The van der Waals surface area contributed by atoms with Gasteiger partial charge in [-0.3, -0.25) is 0 Å². The first-order valence-corrected chi connectivity index (χ1v) is 7.14. The number of oxazole rings is 1. The molecule has 4 nitrogen and oxygen atoms in total. The minimum absolute atomic E-state index is 0.137. The van der Waals surface area contributed by atoms with Crippen LogP contribution in [0.3, 0.4) is 0 Å². The van der Waals surface area contributed by atoms with Crippen LogP contribution in [-0.2, 0) is 6.42 Å². The Morgan fingerprint density at radius 1 is 1.53 bits per heavy atom. The van der Waals surface area contributed by atoms with Crippen molar-refractivity contribution in [3.05, 3.63) is 26.2 Å². The summed E-state index contributed by atoms with van der Waals surface area (Å²) >= 11 is 13.1. The van der Waals surface area contributed by atoms with Gasteiger partial charge in [0.15, 0.2) is 0 Å². The zero-order valence-electron chi connectivity index (χ0n) is 10.2. The fourth-order valence-corrected chi connectivity index (χ4v) is 3.09. The molecule has 0 saturated carbocycles. The molecule has 0 saturated heterocycles. The highest BCUT2D eigenvalue weighted by molar-refractivity contribution is 7.20. The SMILES string of the molecule is CC(C)Cc1nc(-c2cc(Cl)sc2Cl)oc1C(=O)O. The van der Waals surface area contributed by atoms with Crippen LogP contribution in [0.5, 0.6) is 0 Å². The second-order valence-corrected chi connectivity index (χ2v) is 6.72. The molecule has 19 heavy (non-hydrogen) atoms. The van der Waals surface area contributed by atoms with Crippen LogP contribution in [0.1, 0.15) is 30.1 Å². The normalized spacial score (nSPS) is 11.2. The molecule has 0 aromatic carbocycles. The highest BCUT2D eigenvalue weighted by atomic mass is 35.5. The lowest BCUT2D eigenvalue weighted by Gasteiger charge is -1.99. The number of carboxylic acids is 1. The summed E-state index contributed by atoms with van der Waals surface area (Å²) in [7, 11) is 0. The van der Waals surface area contributed by atoms with E-state index in [1.165, 1.54) is 11.3 Å². The lowest BCUT2D eigenvalue weighted by Crippen LogP contribution is -2.03. The Morgan fingerprint density at radius 2 is 2.21 bits per heavy atom. The van der Waals surface area contributed by atoms with E-state index in [9.17, 15) is 4.79 Å². The van der Waals surface area contributed by atoms with Crippen LogP contribution in [0.4, 0.5) is 0 Å². The van der Waals surface area contributed by atoms with Gasteiger partial charge in [-0.25, -0.2) is 9.78 Å². The van der Waals surface area contributed by atoms with E-state index in [-0.39, 0.29) is 17.6 Å². The summed E-state index contributed by atoms with van der Waals surface area (Å²) in [5.74, 6) is -0.798. The van der Waals surface area contributed by atoms with Crippen molar-refractivity contribution in [1.29, 1.82) is 0 Å². The van der Waals surface area contributed by atoms with Crippen molar-refractivity contribution in [3.8, 4) is 11.5 Å². The Hall–Kier alpha value is -1.04. The summed E-state index contributed by atoms with van der Waals surface area (Å²) < 4.78 is 6.24. The average Bonchev–Trinajstić information content (AvgIpc) is 2.81. The standard InChI is InChI=1S/C12H11Cl2NO3S/c1-5(2)3-7-9(12(16)17)18-11(15-7)6-4-8(13)19-10(6)14/h4-5H,3H2,1-2H3,(H,16,17). The maximum Gasteiger partial charge on any atom is 0.373 e. The van der Waals surface area contributed by atoms with Crippen LogP contribution in [0.25, 0.3) is 11.5 Å². The molecule has 0 amide bonds. The molecule has 2 heterocycles. The number of hydrogen-bond acceptors (Lipinski definition) is 4. The van der Waals surface area contributed by atoms with Crippen molar-refractivity contribution < 1.29 is 14.3 Å². The van der Waals surface area contributed by atoms with Crippen LogP contribution < -0.4 is 0 Å². The molecule has 0 unspecified atom stereocenters. The highest BCUT2D eigenvalue weighted by Gasteiger charge is 2.23. The molecule has 0 bridgehead atoms. The fraction of sp³-hybridized carbons (Fsp3) is 0.333. The third-order valence-electron chi connectivity index (χ3n) is 2.38. The van der Waals surface area contributed by atoms with E-state index in [1.54, 1.807) is 6.07 Å². The summed E-state index contributed by atoms with van der Waals surface area (Å²) in [6.45, 7) is 3.96. The van der Waals surface area contributed by atoms with Crippen molar-refractivity contribution in [2.45, 2.75) is 20.3 Å². The Balaban J connectivity index is 2.48. The number of carbonyl (C=O) groups is 1. The number of aromatic carboxylic acids is 1. The molecule has 0 atom stereocenters. The van der Waals surface area contributed by atoms with Gasteiger partial charge in [0.25, 0.3) is 0 Å².